The summed E-state index contributed by atoms with van der Waals surface area (Å²) in [5, 5.41) is 9.65. The number of benzene rings is 1. The van der Waals surface area contributed by atoms with E-state index in [2.05, 4.69) is 4.98 Å². The van der Waals surface area contributed by atoms with Crippen LogP contribution >= 0.6 is 11.6 Å². The second-order valence-corrected chi connectivity index (χ2v) is 3.77. The Morgan fingerprint density at radius 2 is 2.00 bits per heavy atom. The van der Waals surface area contributed by atoms with Crippen molar-refractivity contribution < 1.29 is 14.2 Å². The first-order valence-electron chi connectivity index (χ1n) is 4.88. The number of hydrogen-bond donors (Lipinski definition) is 1. The zero-order valence-corrected chi connectivity index (χ0v) is 9.49. The standard InChI is InChI=1S/C12H9ClFNO2/c13-9-1-3-11(4-2-9)17-12-8(7-16)5-10(14)6-15-12/h1-6,16H,7H2. The van der Waals surface area contributed by atoms with Gasteiger partial charge < -0.3 is 9.84 Å². The normalized spacial score (nSPS) is 10.3. The molecule has 0 aliphatic heterocycles. The molecule has 17 heavy (non-hydrogen) atoms. The number of pyridine rings is 1. The van der Waals surface area contributed by atoms with Crippen LogP contribution in [0.3, 0.4) is 0 Å². The van der Waals surface area contributed by atoms with Crippen LogP contribution in [0.15, 0.2) is 36.5 Å². The molecular weight excluding hydrogens is 245 g/mol. The largest absolute Gasteiger partial charge is 0.439 e. The highest BCUT2D eigenvalue weighted by molar-refractivity contribution is 6.30. The predicted octanol–water partition coefficient (Wildman–Crippen LogP) is 3.16. The highest BCUT2D eigenvalue weighted by Gasteiger charge is 2.07. The molecule has 0 fully saturated rings. The lowest BCUT2D eigenvalue weighted by Crippen LogP contribution is -1.96. The fourth-order valence-corrected chi connectivity index (χ4v) is 1.41. The molecule has 0 unspecified atom stereocenters. The zero-order valence-electron chi connectivity index (χ0n) is 8.73. The number of nitrogens with zero attached hydrogens (tertiary/aromatic N) is 1. The molecule has 1 N–H and O–H groups in total. The number of halogens is 2. The second-order valence-electron chi connectivity index (χ2n) is 3.33. The highest BCUT2D eigenvalue weighted by Crippen LogP contribution is 2.24. The Labute approximate surface area is 102 Å². The molecule has 1 aromatic carbocycles. The number of aliphatic hydroxyl groups excluding tert-OH is 1. The van der Waals surface area contributed by atoms with Gasteiger partial charge in [-0.2, -0.15) is 0 Å². The summed E-state index contributed by atoms with van der Waals surface area (Å²) in [6.07, 6.45) is 1.03. The summed E-state index contributed by atoms with van der Waals surface area (Å²) >= 11 is 5.73. The maximum Gasteiger partial charge on any atom is 0.224 e. The Morgan fingerprint density at radius 1 is 1.29 bits per heavy atom. The molecule has 3 nitrogen and oxygen atoms in total. The fraction of sp³-hybridized carbons (Fsp3) is 0.0833. The fourth-order valence-electron chi connectivity index (χ4n) is 1.29. The average Bonchev–Trinajstić information content (AvgIpc) is 2.34. The maximum atomic E-state index is 12.9. The van der Waals surface area contributed by atoms with Crippen molar-refractivity contribution in [1.82, 2.24) is 4.98 Å². The topological polar surface area (TPSA) is 42.4 Å². The van der Waals surface area contributed by atoms with Gasteiger partial charge in [0.05, 0.1) is 12.8 Å². The van der Waals surface area contributed by atoms with Crippen molar-refractivity contribution >= 4 is 11.6 Å². The summed E-state index contributed by atoms with van der Waals surface area (Å²) in [6.45, 7) is -0.340. The third kappa shape index (κ3) is 2.93. The van der Waals surface area contributed by atoms with Crippen LogP contribution in [0, 0.1) is 5.82 Å². The lowest BCUT2D eigenvalue weighted by atomic mass is 10.3. The molecule has 0 spiro atoms. The first-order chi connectivity index (χ1) is 8.19. The second kappa shape index (κ2) is 5.12. The van der Waals surface area contributed by atoms with E-state index in [0.717, 1.165) is 6.20 Å². The molecule has 1 aromatic heterocycles. The predicted molar refractivity (Wildman–Crippen MR) is 61.6 cm³/mol. The van der Waals surface area contributed by atoms with Crippen LogP contribution < -0.4 is 4.74 Å². The Hall–Kier alpha value is -1.65. The summed E-state index contributed by atoms with van der Waals surface area (Å²) in [4.78, 5) is 3.78. The van der Waals surface area contributed by atoms with E-state index >= 15 is 0 Å². The summed E-state index contributed by atoms with van der Waals surface area (Å²) in [6, 6.07) is 7.83. The summed E-state index contributed by atoms with van der Waals surface area (Å²) in [5.41, 5.74) is 0.292. The van der Waals surface area contributed by atoms with E-state index in [-0.39, 0.29) is 12.5 Å². The lowest BCUT2D eigenvalue weighted by Gasteiger charge is -2.08. The number of hydrogen-bond acceptors (Lipinski definition) is 3. The van der Waals surface area contributed by atoms with Gasteiger partial charge in [0.1, 0.15) is 11.6 Å². The van der Waals surface area contributed by atoms with Crippen LogP contribution in [0.4, 0.5) is 4.39 Å². The monoisotopic (exact) mass is 253 g/mol. The molecule has 0 amide bonds. The minimum Gasteiger partial charge on any atom is -0.439 e. The molecule has 0 atom stereocenters. The van der Waals surface area contributed by atoms with Gasteiger partial charge in [-0.25, -0.2) is 9.37 Å². The number of ether oxygens (including phenoxy) is 1. The van der Waals surface area contributed by atoms with Crippen LogP contribution in [0.25, 0.3) is 0 Å². The molecule has 0 saturated heterocycles. The lowest BCUT2D eigenvalue weighted by molar-refractivity contribution is 0.274. The van der Waals surface area contributed by atoms with Gasteiger partial charge in [0.25, 0.3) is 0 Å². The number of rotatable bonds is 3. The van der Waals surface area contributed by atoms with Gasteiger partial charge >= 0.3 is 0 Å². The molecule has 88 valence electrons. The first-order valence-corrected chi connectivity index (χ1v) is 5.25. The quantitative estimate of drug-likeness (QED) is 0.914. The van der Waals surface area contributed by atoms with Gasteiger partial charge in [-0.15, -0.1) is 0 Å². The van der Waals surface area contributed by atoms with Crippen LogP contribution in [0.2, 0.25) is 5.02 Å². The van der Waals surface area contributed by atoms with Gasteiger partial charge in [-0.1, -0.05) is 11.6 Å². The summed E-state index contributed by atoms with van der Waals surface area (Å²) in [7, 11) is 0. The summed E-state index contributed by atoms with van der Waals surface area (Å²) < 4.78 is 18.3. The Bertz CT molecular complexity index is 516. The number of aliphatic hydroxyl groups is 1. The van der Waals surface area contributed by atoms with E-state index in [1.165, 1.54) is 6.07 Å². The van der Waals surface area contributed by atoms with Crippen molar-refractivity contribution in [2.75, 3.05) is 0 Å². The SMILES string of the molecule is OCc1cc(F)cnc1Oc1ccc(Cl)cc1. The molecule has 2 aromatic rings. The minimum atomic E-state index is -0.516. The van der Waals surface area contributed by atoms with Crippen molar-refractivity contribution in [3.8, 4) is 11.6 Å². The number of aromatic nitrogens is 1. The molecule has 0 aliphatic rings. The van der Waals surface area contributed by atoms with Crippen molar-refractivity contribution in [3.05, 3.63) is 52.9 Å². The van der Waals surface area contributed by atoms with E-state index in [0.29, 0.717) is 16.3 Å². The van der Waals surface area contributed by atoms with Gasteiger partial charge in [0.15, 0.2) is 0 Å². The molecule has 0 saturated carbocycles. The van der Waals surface area contributed by atoms with Crippen molar-refractivity contribution in [3.63, 3.8) is 0 Å². The van der Waals surface area contributed by atoms with E-state index in [1.807, 2.05) is 0 Å². The van der Waals surface area contributed by atoms with Crippen molar-refractivity contribution in [2.45, 2.75) is 6.61 Å². The smallest absolute Gasteiger partial charge is 0.224 e. The van der Waals surface area contributed by atoms with Gasteiger partial charge in [-0.05, 0) is 30.3 Å². The van der Waals surface area contributed by atoms with E-state index in [1.54, 1.807) is 24.3 Å². The Morgan fingerprint density at radius 3 is 2.65 bits per heavy atom. The first kappa shape index (κ1) is 11.8. The van der Waals surface area contributed by atoms with Crippen molar-refractivity contribution in [1.29, 1.82) is 0 Å². The van der Waals surface area contributed by atoms with Crippen LogP contribution in [0.1, 0.15) is 5.56 Å². The molecule has 0 bridgehead atoms. The molecular formula is C12H9ClFNO2. The third-order valence-electron chi connectivity index (χ3n) is 2.09. The van der Waals surface area contributed by atoms with Gasteiger partial charge in [-0.3, -0.25) is 0 Å². The zero-order chi connectivity index (χ0) is 12.3. The van der Waals surface area contributed by atoms with Crippen LogP contribution in [0.5, 0.6) is 11.6 Å². The molecule has 2 rings (SSSR count). The highest BCUT2D eigenvalue weighted by atomic mass is 35.5. The summed E-state index contributed by atoms with van der Waals surface area (Å²) in [5.74, 6) is 0.178. The molecule has 5 heteroatoms. The minimum absolute atomic E-state index is 0.177. The molecule has 0 radical (unpaired) electrons. The van der Waals surface area contributed by atoms with Crippen LogP contribution in [-0.2, 0) is 6.61 Å². The Balaban J connectivity index is 2.26. The molecule has 0 aliphatic carbocycles. The van der Waals surface area contributed by atoms with Crippen molar-refractivity contribution in [2.24, 2.45) is 0 Å². The third-order valence-corrected chi connectivity index (χ3v) is 2.34. The Kier molecular flexibility index (Phi) is 3.56. The van der Waals surface area contributed by atoms with E-state index in [9.17, 15) is 4.39 Å². The van der Waals surface area contributed by atoms with Gasteiger partial charge in [0, 0.05) is 10.6 Å². The maximum absolute atomic E-state index is 12.9. The van der Waals surface area contributed by atoms with Gasteiger partial charge in [0.2, 0.25) is 5.88 Å². The van der Waals surface area contributed by atoms with E-state index < -0.39 is 5.82 Å². The molecule has 1 heterocycles. The average molecular weight is 254 g/mol. The van der Waals surface area contributed by atoms with E-state index in [4.69, 9.17) is 21.4 Å². The van der Waals surface area contributed by atoms with Crippen LogP contribution in [-0.4, -0.2) is 10.1 Å².